The Morgan fingerprint density at radius 1 is 1.22 bits per heavy atom. The summed E-state index contributed by atoms with van der Waals surface area (Å²) >= 11 is 6.05. The first-order chi connectivity index (χ1) is 10.4. The molecule has 23 heavy (non-hydrogen) atoms. The average Bonchev–Trinajstić information content (AvgIpc) is 2.61. The Morgan fingerprint density at radius 2 is 1.70 bits per heavy atom. The van der Waals surface area contributed by atoms with E-state index in [0.29, 0.717) is 0 Å². The van der Waals surface area contributed by atoms with Crippen LogP contribution in [0.25, 0.3) is 0 Å². The van der Waals surface area contributed by atoms with Crippen LogP contribution >= 0.6 is 19.4 Å². The first kappa shape index (κ1) is 20.4. The Hall–Kier alpha value is -0.600. The SMILES string of the molecule is CCS(=O)(=O)c1c(Cl)c(OP(=O)(OC(C)C)OC(C)C)nn1C. The Kier molecular flexibility index (Phi) is 6.69. The summed E-state index contributed by atoms with van der Waals surface area (Å²) in [5, 5.41) is 3.41. The number of aryl methyl sites for hydroxylation is 1. The summed E-state index contributed by atoms with van der Waals surface area (Å²) in [6.07, 6.45) is -0.887. The second-order valence-electron chi connectivity index (χ2n) is 5.30. The largest absolute Gasteiger partial charge is 0.531 e. The van der Waals surface area contributed by atoms with Gasteiger partial charge in [-0.3, -0.25) is 13.7 Å². The molecule has 0 saturated heterocycles. The van der Waals surface area contributed by atoms with Crippen molar-refractivity contribution in [3.05, 3.63) is 5.02 Å². The fourth-order valence-electron chi connectivity index (χ4n) is 1.68. The van der Waals surface area contributed by atoms with Crippen LogP contribution in [-0.2, 0) is 30.5 Å². The van der Waals surface area contributed by atoms with E-state index in [1.807, 2.05) is 0 Å². The normalized spacial score (nSPS) is 13.1. The molecule has 0 fully saturated rings. The molecule has 0 spiro atoms. The molecule has 0 aromatic carbocycles. The van der Waals surface area contributed by atoms with Gasteiger partial charge in [-0.2, -0.15) is 0 Å². The van der Waals surface area contributed by atoms with Gasteiger partial charge in [0.05, 0.1) is 18.0 Å². The molecule has 0 aliphatic heterocycles. The van der Waals surface area contributed by atoms with Gasteiger partial charge in [0.1, 0.15) is 5.02 Å². The minimum atomic E-state index is -4.00. The van der Waals surface area contributed by atoms with E-state index >= 15 is 0 Å². The molecule has 1 aromatic heterocycles. The summed E-state index contributed by atoms with van der Waals surface area (Å²) in [5.41, 5.74) is 0. The van der Waals surface area contributed by atoms with Gasteiger partial charge in [-0.1, -0.05) is 18.5 Å². The molecule has 0 radical (unpaired) electrons. The average molecular weight is 389 g/mol. The van der Waals surface area contributed by atoms with E-state index in [1.54, 1.807) is 27.7 Å². The zero-order chi connectivity index (χ0) is 18.0. The number of rotatable bonds is 8. The fraction of sp³-hybridized carbons (Fsp3) is 0.750. The van der Waals surface area contributed by atoms with Crippen LogP contribution in [0, 0.1) is 0 Å². The summed E-state index contributed by atoms with van der Waals surface area (Å²) in [7, 11) is -6.22. The Bertz CT molecular complexity index is 687. The quantitative estimate of drug-likeness (QED) is 0.631. The van der Waals surface area contributed by atoms with E-state index < -0.39 is 29.9 Å². The van der Waals surface area contributed by atoms with Crippen LogP contribution in [0.4, 0.5) is 0 Å². The molecule has 1 aromatic rings. The molecular formula is C12H22ClN2O6PS. The van der Waals surface area contributed by atoms with Crippen molar-refractivity contribution in [2.75, 3.05) is 5.75 Å². The monoisotopic (exact) mass is 388 g/mol. The predicted octanol–water partition coefficient (Wildman–Crippen LogP) is 3.20. The number of nitrogens with zero attached hydrogens (tertiary/aromatic N) is 2. The highest BCUT2D eigenvalue weighted by molar-refractivity contribution is 7.91. The molecule has 0 aliphatic rings. The van der Waals surface area contributed by atoms with Gasteiger partial charge in [-0.15, -0.1) is 5.10 Å². The van der Waals surface area contributed by atoms with E-state index in [2.05, 4.69) is 5.10 Å². The van der Waals surface area contributed by atoms with Gasteiger partial charge in [-0.05, 0) is 27.7 Å². The van der Waals surface area contributed by atoms with E-state index in [4.69, 9.17) is 25.2 Å². The van der Waals surface area contributed by atoms with Crippen molar-refractivity contribution in [2.45, 2.75) is 51.9 Å². The van der Waals surface area contributed by atoms with E-state index in [0.717, 1.165) is 4.68 Å². The van der Waals surface area contributed by atoms with Crippen molar-refractivity contribution in [2.24, 2.45) is 7.05 Å². The summed E-state index contributed by atoms with van der Waals surface area (Å²) in [6, 6.07) is 0. The topological polar surface area (TPSA) is 96.7 Å². The minimum absolute atomic E-state index is 0.158. The third-order valence-corrected chi connectivity index (χ3v) is 6.49. The van der Waals surface area contributed by atoms with Crippen LogP contribution in [0.5, 0.6) is 5.88 Å². The van der Waals surface area contributed by atoms with Crippen molar-refractivity contribution in [3.8, 4) is 5.88 Å². The molecule has 0 atom stereocenters. The lowest BCUT2D eigenvalue weighted by atomic mass is 10.5. The van der Waals surface area contributed by atoms with Crippen molar-refractivity contribution < 1.29 is 26.6 Å². The zero-order valence-electron chi connectivity index (χ0n) is 13.9. The predicted molar refractivity (Wildman–Crippen MR) is 86.6 cm³/mol. The highest BCUT2D eigenvalue weighted by Gasteiger charge is 2.36. The van der Waals surface area contributed by atoms with Gasteiger partial charge in [0.15, 0.2) is 14.9 Å². The zero-order valence-corrected chi connectivity index (χ0v) is 16.4. The molecule has 1 heterocycles. The molecule has 134 valence electrons. The van der Waals surface area contributed by atoms with Gasteiger partial charge >= 0.3 is 7.82 Å². The number of sulfone groups is 1. The number of hydrogen-bond donors (Lipinski definition) is 0. The highest BCUT2D eigenvalue weighted by atomic mass is 35.5. The maximum atomic E-state index is 12.7. The standard InChI is InChI=1S/C12H22ClN2O6PS/c1-7-23(17,18)12-10(13)11(14-15(12)6)21-22(16,19-8(2)3)20-9(4)5/h8-9H,7H2,1-6H3. The smallest absolute Gasteiger partial charge is 0.382 e. The van der Waals surface area contributed by atoms with Gasteiger partial charge in [0.2, 0.25) is 0 Å². The number of phosphoric ester groups is 1. The molecule has 0 unspecified atom stereocenters. The highest BCUT2D eigenvalue weighted by Crippen LogP contribution is 2.52. The van der Waals surface area contributed by atoms with Crippen molar-refractivity contribution in [1.82, 2.24) is 9.78 Å². The molecule has 0 bridgehead atoms. The molecule has 0 amide bonds. The molecule has 0 aliphatic carbocycles. The summed E-state index contributed by atoms with van der Waals surface area (Å²) in [5.74, 6) is -0.472. The van der Waals surface area contributed by atoms with Crippen LogP contribution in [0.3, 0.4) is 0 Å². The Morgan fingerprint density at radius 3 is 2.09 bits per heavy atom. The molecule has 11 heteroatoms. The van der Waals surface area contributed by atoms with Crippen LogP contribution in [0.15, 0.2) is 5.03 Å². The van der Waals surface area contributed by atoms with Gasteiger partial charge in [-0.25, -0.2) is 13.0 Å². The lowest BCUT2D eigenvalue weighted by Crippen LogP contribution is -2.12. The number of halogens is 1. The van der Waals surface area contributed by atoms with Gasteiger partial charge in [0, 0.05) is 7.05 Å². The third kappa shape index (κ3) is 5.19. The lowest BCUT2D eigenvalue weighted by Gasteiger charge is -2.21. The molecule has 0 N–H and O–H groups in total. The van der Waals surface area contributed by atoms with Crippen molar-refractivity contribution in [3.63, 3.8) is 0 Å². The van der Waals surface area contributed by atoms with E-state index in [-0.39, 0.29) is 21.7 Å². The van der Waals surface area contributed by atoms with Gasteiger partial charge in [0.25, 0.3) is 5.88 Å². The fourth-order valence-corrected chi connectivity index (χ4v) is 4.87. The van der Waals surface area contributed by atoms with E-state index in [9.17, 15) is 13.0 Å². The van der Waals surface area contributed by atoms with Crippen molar-refractivity contribution in [1.29, 1.82) is 0 Å². The van der Waals surface area contributed by atoms with Crippen LogP contribution in [0.2, 0.25) is 5.02 Å². The van der Waals surface area contributed by atoms with Crippen LogP contribution in [-0.4, -0.2) is 36.2 Å². The Labute approximate surface area is 141 Å². The number of phosphoric acid groups is 1. The molecule has 0 saturated carbocycles. The number of aromatic nitrogens is 2. The first-order valence-electron chi connectivity index (χ1n) is 7.03. The maximum Gasteiger partial charge on any atom is 0.531 e. The second kappa shape index (κ2) is 7.53. The summed E-state index contributed by atoms with van der Waals surface area (Å²) < 4.78 is 53.5. The summed E-state index contributed by atoms with van der Waals surface area (Å²) in [4.78, 5) is 0. The first-order valence-corrected chi connectivity index (χ1v) is 10.5. The second-order valence-corrected chi connectivity index (χ2v) is 9.37. The van der Waals surface area contributed by atoms with Crippen LogP contribution in [0.1, 0.15) is 34.6 Å². The van der Waals surface area contributed by atoms with Gasteiger partial charge < -0.3 is 4.52 Å². The third-order valence-electron chi connectivity index (χ3n) is 2.46. The van der Waals surface area contributed by atoms with Crippen molar-refractivity contribution >= 4 is 29.3 Å². The summed E-state index contributed by atoms with van der Waals surface area (Å²) in [6.45, 7) is 8.12. The van der Waals surface area contributed by atoms with Crippen LogP contribution < -0.4 is 4.52 Å². The lowest BCUT2D eigenvalue weighted by molar-refractivity contribution is 0.102. The molecule has 8 nitrogen and oxygen atoms in total. The molecule has 1 rings (SSSR count). The maximum absolute atomic E-state index is 12.7. The minimum Gasteiger partial charge on any atom is -0.382 e. The molecular weight excluding hydrogens is 367 g/mol. The Balaban J connectivity index is 3.26. The number of hydrogen-bond acceptors (Lipinski definition) is 7. The van der Waals surface area contributed by atoms with E-state index in [1.165, 1.54) is 14.0 Å².